The Labute approximate surface area is 104 Å². The Morgan fingerprint density at radius 1 is 1.28 bits per heavy atom. The lowest BCUT2D eigenvalue weighted by atomic mass is 9.76. The molecule has 100 valence electrons. The van der Waals surface area contributed by atoms with Crippen molar-refractivity contribution in [2.75, 3.05) is 13.1 Å². The molecule has 1 unspecified atom stereocenters. The van der Waals surface area contributed by atoms with Crippen molar-refractivity contribution in [3.05, 3.63) is 35.4 Å². The highest BCUT2D eigenvalue weighted by molar-refractivity contribution is 5.36. The third-order valence-electron chi connectivity index (χ3n) is 3.56. The molecular formula is C13H17F3N2. The zero-order valence-electron chi connectivity index (χ0n) is 10.1. The second-order valence-electron chi connectivity index (χ2n) is 4.77. The standard InChI is InChI=1S/C13H17F3N2/c14-13(15,16)9-18-12(8-17)7-3-5-10-4-1-2-6-11(10)12/h1-2,4,6,18H,3,5,7-9,17H2. The van der Waals surface area contributed by atoms with Gasteiger partial charge in [-0.3, -0.25) is 5.32 Å². The minimum absolute atomic E-state index is 0.181. The molecule has 0 radical (unpaired) electrons. The quantitative estimate of drug-likeness (QED) is 0.873. The third-order valence-corrected chi connectivity index (χ3v) is 3.56. The van der Waals surface area contributed by atoms with E-state index in [9.17, 15) is 13.2 Å². The van der Waals surface area contributed by atoms with Gasteiger partial charge in [-0.1, -0.05) is 24.3 Å². The highest BCUT2D eigenvalue weighted by atomic mass is 19.4. The molecule has 0 saturated carbocycles. The Hall–Kier alpha value is -1.07. The summed E-state index contributed by atoms with van der Waals surface area (Å²) >= 11 is 0. The molecule has 0 aliphatic heterocycles. The predicted octanol–water partition coefficient (Wildman–Crippen LogP) is 2.33. The van der Waals surface area contributed by atoms with Crippen LogP contribution in [0.1, 0.15) is 24.0 Å². The predicted molar refractivity (Wildman–Crippen MR) is 64.2 cm³/mol. The lowest BCUT2D eigenvalue weighted by Gasteiger charge is -2.39. The van der Waals surface area contributed by atoms with E-state index in [0.29, 0.717) is 6.42 Å². The average molecular weight is 258 g/mol. The lowest BCUT2D eigenvalue weighted by molar-refractivity contribution is -0.129. The fourth-order valence-electron chi connectivity index (χ4n) is 2.66. The van der Waals surface area contributed by atoms with E-state index >= 15 is 0 Å². The molecule has 0 bridgehead atoms. The third kappa shape index (κ3) is 2.67. The smallest absolute Gasteiger partial charge is 0.328 e. The molecule has 1 atom stereocenters. The van der Waals surface area contributed by atoms with Gasteiger partial charge in [-0.05, 0) is 30.4 Å². The molecule has 1 aromatic rings. The van der Waals surface area contributed by atoms with Crippen molar-refractivity contribution in [1.82, 2.24) is 5.32 Å². The normalized spacial score (nSPS) is 23.8. The van der Waals surface area contributed by atoms with Gasteiger partial charge in [-0.25, -0.2) is 0 Å². The SMILES string of the molecule is NCC1(NCC(F)(F)F)CCCc2ccccc21. The molecule has 18 heavy (non-hydrogen) atoms. The Morgan fingerprint density at radius 2 is 2.00 bits per heavy atom. The van der Waals surface area contributed by atoms with Crippen LogP contribution >= 0.6 is 0 Å². The van der Waals surface area contributed by atoms with Gasteiger partial charge in [0.05, 0.1) is 12.1 Å². The molecule has 1 aliphatic carbocycles. The number of rotatable bonds is 3. The van der Waals surface area contributed by atoms with Crippen molar-refractivity contribution in [3.8, 4) is 0 Å². The Bertz CT molecular complexity index is 417. The number of halogens is 3. The van der Waals surface area contributed by atoms with Crippen LogP contribution in [0.25, 0.3) is 0 Å². The number of benzene rings is 1. The van der Waals surface area contributed by atoms with Gasteiger partial charge < -0.3 is 5.73 Å². The van der Waals surface area contributed by atoms with Crippen LogP contribution < -0.4 is 11.1 Å². The maximum atomic E-state index is 12.4. The van der Waals surface area contributed by atoms with E-state index in [1.54, 1.807) is 0 Å². The van der Waals surface area contributed by atoms with E-state index in [1.807, 2.05) is 24.3 Å². The molecule has 2 rings (SSSR count). The summed E-state index contributed by atoms with van der Waals surface area (Å²) in [6.45, 7) is -0.821. The zero-order valence-corrected chi connectivity index (χ0v) is 10.1. The van der Waals surface area contributed by atoms with Crippen molar-refractivity contribution in [2.24, 2.45) is 5.73 Å². The number of alkyl halides is 3. The van der Waals surface area contributed by atoms with E-state index in [1.165, 1.54) is 0 Å². The summed E-state index contributed by atoms with van der Waals surface area (Å²) in [6.07, 6.45) is -1.80. The molecule has 3 N–H and O–H groups in total. The first-order chi connectivity index (χ1) is 8.47. The first-order valence-corrected chi connectivity index (χ1v) is 6.07. The molecule has 0 heterocycles. The maximum absolute atomic E-state index is 12.4. The van der Waals surface area contributed by atoms with Gasteiger partial charge in [0.15, 0.2) is 0 Å². The van der Waals surface area contributed by atoms with Crippen LogP contribution in [0.3, 0.4) is 0 Å². The van der Waals surface area contributed by atoms with E-state index in [4.69, 9.17) is 5.73 Å². The number of hydrogen-bond acceptors (Lipinski definition) is 2. The molecule has 0 aromatic heterocycles. The number of fused-ring (bicyclic) bond motifs is 1. The molecule has 2 nitrogen and oxygen atoms in total. The summed E-state index contributed by atoms with van der Waals surface area (Å²) in [4.78, 5) is 0. The van der Waals surface area contributed by atoms with Gasteiger partial charge in [0.1, 0.15) is 0 Å². The molecule has 0 saturated heterocycles. The van der Waals surface area contributed by atoms with Gasteiger partial charge in [0, 0.05) is 6.54 Å². The van der Waals surface area contributed by atoms with Gasteiger partial charge in [-0.15, -0.1) is 0 Å². The van der Waals surface area contributed by atoms with Crippen molar-refractivity contribution in [1.29, 1.82) is 0 Å². The Morgan fingerprint density at radius 3 is 2.67 bits per heavy atom. The monoisotopic (exact) mass is 258 g/mol. The highest BCUT2D eigenvalue weighted by Crippen LogP contribution is 2.35. The molecule has 1 aliphatic rings. The topological polar surface area (TPSA) is 38.0 Å². The summed E-state index contributed by atoms with van der Waals surface area (Å²) in [5.41, 5.74) is 7.04. The second kappa shape index (κ2) is 4.90. The van der Waals surface area contributed by atoms with Gasteiger partial charge >= 0.3 is 6.18 Å². The maximum Gasteiger partial charge on any atom is 0.401 e. The minimum atomic E-state index is -4.21. The van der Waals surface area contributed by atoms with Crippen LogP contribution in [0.5, 0.6) is 0 Å². The lowest BCUT2D eigenvalue weighted by Crippen LogP contribution is -2.53. The number of nitrogens with one attached hydrogen (secondary N) is 1. The van der Waals surface area contributed by atoms with E-state index in [2.05, 4.69) is 5.32 Å². The van der Waals surface area contributed by atoms with Crippen LogP contribution in [0.2, 0.25) is 0 Å². The second-order valence-corrected chi connectivity index (χ2v) is 4.77. The van der Waals surface area contributed by atoms with Crippen LogP contribution in [-0.4, -0.2) is 19.3 Å². The molecule has 5 heteroatoms. The number of hydrogen-bond donors (Lipinski definition) is 2. The Kier molecular flexibility index (Phi) is 3.64. The minimum Gasteiger partial charge on any atom is -0.328 e. The first kappa shape index (κ1) is 13.4. The van der Waals surface area contributed by atoms with Gasteiger partial charge in [-0.2, -0.15) is 13.2 Å². The summed E-state index contributed by atoms with van der Waals surface area (Å²) in [7, 11) is 0. The molecule has 1 aromatic carbocycles. The number of nitrogens with two attached hydrogens (primary N) is 1. The van der Waals surface area contributed by atoms with Crippen molar-refractivity contribution in [2.45, 2.75) is 31.0 Å². The molecule has 0 fully saturated rings. The largest absolute Gasteiger partial charge is 0.401 e. The fourth-order valence-corrected chi connectivity index (χ4v) is 2.66. The van der Waals surface area contributed by atoms with Crippen LogP contribution in [0, 0.1) is 0 Å². The van der Waals surface area contributed by atoms with Gasteiger partial charge in [0.25, 0.3) is 0 Å². The summed E-state index contributed by atoms with van der Waals surface area (Å²) < 4.78 is 37.2. The molecular weight excluding hydrogens is 241 g/mol. The zero-order chi connectivity index (χ0) is 13.2. The summed E-state index contributed by atoms with van der Waals surface area (Å²) in [6, 6.07) is 7.61. The molecule has 0 amide bonds. The van der Waals surface area contributed by atoms with Gasteiger partial charge in [0.2, 0.25) is 0 Å². The van der Waals surface area contributed by atoms with E-state index < -0.39 is 18.3 Å². The van der Waals surface area contributed by atoms with Crippen LogP contribution in [0.15, 0.2) is 24.3 Å². The van der Waals surface area contributed by atoms with Crippen LogP contribution in [0.4, 0.5) is 13.2 Å². The van der Waals surface area contributed by atoms with Crippen LogP contribution in [-0.2, 0) is 12.0 Å². The highest BCUT2D eigenvalue weighted by Gasteiger charge is 2.38. The van der Waals surface area contributed by atoms with Crippen molar-refractivity contribution < 1.29 is 13.2 Å². The average Bonchev–Trinajstić information content (AvgIpc) is 2.35. The molecule has 0 spiro atoms. The summed E-state index contributed by atoms with van der Waals surface area (Å²) in [5, 5.41) is 2.63. The van der Waals surface area contributed by atoms with E-state index in [0.717, 1.165) is 24.0 Å². The Balaban J connectivity index is 2.28. The number of aryl methyl sites for hydroxylation is 1. The van der Waals surface area contributed by atoms with E-state index in [-0.39, 0.29) is 6.54 Å². The summed E-state index contributed by atoms with van der Waals surface area (Å²) in [5.74, 6) is 0. The first-order valence-electron chi connectivity index (χ1n) is 6.07. The fraction of sp³-hybridized carbons (Fsp3) is 0.538. The van der Waals surface area contributed by atoms with Crippen molar-refractivity contribution >= 4 is 0 Å². The van der Waals surface area contributed by atoms with Crippen molar-refractivity contribution in [3.63, 3.8) is 0 Å².